The molecule has 258 valence electrons. The van der Waals surface area contributed by atoms with E-state index in [4.69, 9.17) is 42.6 Å². The zero-order valence-corrected chi connectivity index (χ0v) is 28.0. The molecule has 0 spiro atoms. The van der Waals surface area contributed by atoms with Crippen molar-refractivity contribution in [2.24, 2.45) is 0 Å². The molecule has 2 aliphatic rings. The molecule has 1 aromatic heterocycles. The number of nitrogens with zero attached hydrogens (tertiary/aromatic N) is 3. The van der Waals surface area contributed by atoms with Crippen molar-refractivity contribution in [1.29, 1.82) is 0 Å². The Bertz CT molecular complexity index is 906. The quantitative estimate of drug-likeness (QED) is 0.103. The van der Waals surface area contributed by atoms with Gasteiger partial charge >= 0.3 is 0 Å². The topological polar surface area (TPSA) is 114 Å². The van der Waals surface area contributed by atoms with Crippen LogP contribution in [0.4, 0.5) is 0 Å². The van der Waals surface area contributed by atoms with E-state index in [1.807, 2.05) is 50.7 Å². The van der Waals surface area contributed by atoms with Gasteiger partial charge in [-0.1, -0.05) is 17.4 Å². The summed E-state index contributed by atoms with van der Waals surface area (Å²) in [7, 11) is 0. The molecule has 0 amide bonds. The van der Waals surface area contributed by atoms with Gasteiger partial charge in [0.05, 0.1) is 65.7 Å². The summed E-state index contributed by atoms with van der Waals surface area (Å²) in [5.74, 6) is -1.19. The summed E-state index contributed by atoms with van der Waals surface area (Å²) in [5.41, 5.74) is 0.700. The van der Waals surface area contributed by atoms with E-state index < -0.39 is 11.6 Å². The number of rotatable bonds is 26. The molecule has 1 aromatic rings. The minimum Gasteiger partial charge on any atom is -0.379 e. The monoisotopic (exact) mass is 639 g/mol. The van der Waals surface area contributed by atoms with Crippen molar-refractivity contribution in [3.05, 3.63) is 37.2 Å². The molecule has 3 heterocycles. The van der Waals surface area contributed by atoms with E-state index in [0.717, 1.165) is 38.5 Å². The summed E-state index contributed by atoms with van der Waals surface area (Å²) < 4.78 is 54.9. The summed E-state index contributed by atoms with van der Waals surface area (Å²) in [6.07, 6.45) is 11.2. The molecule has 45 heavy (non-hydrogen) atoms. The highest BCUT2D eigenvalue weighted by Crippen LogP contribution is 2.23. The molecular formula is C33H57N3O9. The fraction of sp³-hybridized carbons (Fsp3) is 0.818. The standard InChI is InChI=1S/C33H57N3O9/c1-7-9-11-13-15-37-19-28(20-38-16-14-12-10-8-2)36-17-27(34-35-36)18-41-29(21-39-23-30-25-42-32(3,4)44-30)22-40-24-31-26-43-33(5,6)45-31/h7-8,17,28-31H,1-2,9-16,18-26H2,3-6H3. The van der Waals surface area contributed by atoms with Crippen molar-refractivity contribution in [1.82, 2.24) is 15.0 Å². The lowest BCUT2D eigenvalue weighted by atomic mass is 10.2. The predicted octanol–water partition coefficient (Wildman–Crippen LogP) is 4.79. The van der Waals surface area contributed by atoms with Gasteiger partial charge in [-0.2, -0.15) is 0 Å². The highest BCUT2D eigenvalue weighted by atomic mass is 16.8. The fourth-order valence-electron chi connectivity index (χ4n) is 4.88. The third-order valence-corrected chi connectivity index (χ3v) is 7.26. The summed E-state index contributed by atoms with van der Waals surface area (Å²) in [6.45, 7) is 20.2. The van der Waals surface area contributed by atoms with Crippen LogP contribution in [0.5, 0.6) is 0 Å². The second kappa shape index (κ2) is 20.5. The Labute approximate surface area is 269 Å². The maximum absolute atomic E-state index is 6.22. The van der Waals surface area contributed by atoms with Crippen LogP contribution in [0.25, 0.3) is 0 Å². The Morgan fingerprint density at radius 2 is 1.36 bits per heavy atom. The SMILES string of the molecule is C=CCCCCOCC(COCCCCC=C)n1cc(COC(COCC2COC(C)(C)O2)COCC2COC(C)(C)O2)nn1. The number of hydrogen-bond donors (Lipinski definition) is 0. The van der Waals surface area contributed by atoms with E-state index >= 15 is 0 Å². The van der Waals surface area contributed by atoms with Crippen LogP contribution < -0.4 is 0 Å². The van der Waals surface area contributed by atoms with Gasteiger partial charge < -0.3 is 42.6 Å². The maximum Gasteiger partial charge on any atom is 0.163 e. The lowest BCUT2D eigenvalue weighted by Gasteiger charge is -2.21. The molecule has 3 rings (SSSR count). The third-order valence-electron chi connectivity index (χ3n) is 7.26. The van der Waals surface area contributed by atoms with Crippen LogP contribution in [0.2, 0.25) is 0 Å². The number of hydrogen-bond acceptors (Lipinski definition) is 11. The summed E-state index contributed by atoms with van der Waals surface area (Å²) in [4.78, 5) is 0. The van der Waals surface area contributed by atoms with Gasteiger partial charge in [-0.15, -0.1) is 18.3 Å². The van der Waals surface area contributed by atoms with Gasteiger partial charge in [0.2, 0.25) is 0 Å². The first-order chi connectivity index (χ1) is 21.7. The highest BCUT2D eigenvalue weighted by molar-refractivity contribution is 4.92. The molecular weight excluding hydrogens is 582 g/mol. The molecule has 2 aliphatic heterocycles. The Morgan fingerprint density at radius 1 is 0.822 bits per heavy atom. The van der Waals surface area contributed by atoms with Crippen molar-refractivity contribution < 1.29 is 42.6 Å². The minimum atomic E-state index is -0.596. The van der Waals surface area contributed by atoms with E-state index in [2.05, 4.69) is 23.5 Å². The van der Waals surface area contributed by atoms with Crippen LogP contribution in [0.15, 0.2) is 31.5 Å². The smallest absolute Gasteiger partial charge is 0.163 e. The average molecular weight is 640 g/mol. The van der Waals surface area contributed by atoms with Gasteiger partial charge in [0.25, 0.3) is 0 Å². The van der Waals surface area contributed by atoms with Crippen molar-refractivity contribution in [3.8, 4) is 0 Å². The van der Waals surface area contributed by atoms with E-state index in [1.54, 1.807) is 0 Å². The van der Waals surface area contributed by atoms with Crippen LogP contribution in [-0.2, 0) is 49.2 Å². The van der Waals surface area contributed by atoms with Gasteiger partial charge in [0, 0.05) is 13.2 Å². The van der Waals surface area contributed by atoms with E-state index in [-0.39, 0.29) is 31.0 Å². The molecule has 12 nitrogen and oxygen atoms in total. The molecule has 0 saturated carbocycles. The van der Waals surface area contributed by atoms with Gasteiger partial charge in [-0.25, -0.2) is 4.68 Å². The first-order valence-corrected chi connectivity index (χ1v) is 16.4. The zero-order chi connectivity index (χ0) is 32.4. The van der Waals surface area contributed by atoms with Crippen LogP contribution >= 0.6 is 0 Å². The zero-order valence-electron chi connectivity index (χ0n) is 28.0. The second-order valence-corrected chi connectivity index (χ2v) is 12.5. The largest absolute Gasteiger partial charge is 0.379 e. The van der Waals surface area contributed by atoms with Crippen molar-refractivity contribution >= 4 is 0 Å². The van der Waals surface area contributed by atoms with Crippen molar-refractivity contribution in [2.45, 2.75) is 109 Å². The number of unbranched alkanes of at least 4 members (excludes halogenated alkanes) is 4. The van der Waals surface area contributed by atoms with E-state index in [9.17, 15) is 0 Å². The van der Waals surface area contributed by atoms with E-state index in [1.165, 1.54) is 0 Å². The Morgan fingerprint density at radius 3 is 1.82 bits per heavy atom. The molecule has 0 aliphatic carbocycles. The van der Waals surface area contributed by atoms with Crippen molar-refractivity contribution in [3.63, 3.8) is 0 Å². The van der Waals surface area contributed by atoms with Gasteiger partial charge in [-0.3, -0.25) is 0 Å². The molecule has 2 saturated heterocycles. The summed E-state index contributed by atoms with van der Waals surface area (Å²) in [5, 5.41) is 8.75. The molecule has 0 radical (unpaired) electrons. The molecule has 12 heteroatoms. The normalized spacial score (nSPS) is 21.4. The number of allylic oxidation sites excluding steroid dienone is 2. The average Bonchev–Trinajstić information content (AvgIpc) is 3.71. The Balaban J connectivity index is 1.50. The molecule has 0 N–H and O–H groups in total. The minimum absolute atomic E-state index is 0.0942. The van der Waals surface area contributed by atoms with Crippen LogP contribution in [-0.4, -0.2) is 111 Å². The Hall–Kier alpha value is -1.74. The van der Waals surface area contributed by atoms with Gasteiger partial charge in [-0.05, 0) is 66.2 Å². The molecule has 0 bridgehead atoms. The first kappa shape index (κ1) is 37.7. The summed E-state index contributed by atoms with van der Waals surface area (Å²) >= 11 is 0. The molecule has 2 unspecified atom stereocenters. The number of ether oxygens (including phenoxy) is 9. The maximum atomic E-state index is 6.22. The third kappa shape index (κ3) is 15.6. The summed E-state index contributed by atoms with van der Waals surface area (Å²) in [6, 6.07) is -0.0942. The fourth-order valence-corrected chi connectivity index (χ4v) is 4.88. The van der Waals surface area contributed by atoms with Gasteiger partial charge in [0.1, 0.15) is 30.0 Å². The second-order valence-electron chi connectivity index (χ2n) is 12.5. The lowest BCUT2D eigenvalue weighted by molar-refractivity contribution is -0.152. The molecule has 2 atom stereocenters. The van der Waals surface area contributed by atoms with Crippen LogP contribution in [0.3, 0.4) is 0 Å². The molecule has 0 aromatic carbocycles. The Kier molecular flexibility index (Phi) is 17.2. The van der Waals surface area contributed by atoms with Crippen LogP contribution in [0.1, 0.15) is 78.0 Å². The number of aromatic nitrogens is 3. The molecule has 2 fully saturated rings. The van der Waals surface area contributed by atoms with Crippen LogP contribution in [0, 0.1) is 0 Å². The first-order valence-electron chi connectivity index (χ1n) is 16.4. The lowest BCUT2D eigenvalue weighted by Crippen LogP contribution is -2.31. The van der Waals surface area contributed by atoms with Gasteiger partial charge in [0.15, 0.2) is 11.6 Å². The van der Waals surface area contributed by atoms with Crippen molar-refractivity contribution in [2.75, 3.05) is 66.1 Å². The predicted molar refractivity (Wildman–Crippen MR) is 169 cm³/mol. The highest BCUT2D eigenvalue weighted by Gasteiger charge is 2.34. The van der Waals surface area contributed by atoms with E-state index in [0.29, 0.717) is 71.8 Å².